The summed E-state index contributed by atoms with van der Waals surface area (Å²) in [4.78, 5) is 25.2. The molecule has 1 aromatic heterocycles. The Labute approximate surface area is 110 Å². The standard InChI is InChI=1S/C12H16N2O5/c1-12(9-3-2-6-19-9)10(16)14(11(17)13-12)4-7-18-8-5-15/h2-3,6,15H,4-5,7-8H2,1H3,(H,13,17). The maximum atomic E-state index is 12.3. The van der Waals surface area contributed by atoms with Gasteiger partial charge in [0.15, 0.2) is 5.54 Å². The molecule has 3 amide bonds. The van der Waals surface area contributed by atoms with Crippen molar-refractivity contribution in [1.29, 1.82) is 0 Å². The summed E-state index contributed by atoms with van der Waals surface area (Å²) >= 11 is 0. The minimum absolute atomic E-state index is 0.0930. The Morgan fingerprint density at radius 1 is 1.47 bits per heavy atom. The van der Waals surface area contributed by atoms with Crippen LogP contribution in [0.15, 0.2) is 22.8 Å². The number of hydrogen-bond donors (Lipinski definition) is 2. The molecule has 1 aliphatic rings. The molecule has 1 fully saturated rings. The average molecular weight is 268 g/mol. The second kappa shape index (κ2) is 5.41. The Hall–Kier alpha value is -1.86. The smallest absolute Gasteiger partial charge is 0.325 e. The molecule has 1 atom stereocenters. The monoisotopic (exact) mass is 268 g/mol. The van der Waals surface area contributed by atoms with E-state index in [0.29, 0.717) is 5.76 Å². The molecule has 0 saturated carbocycles. The second-order valence-electron chi connectivity index (χ2n) is 4.33. The molecular formula is C12H16N2O5. The fraction of sp³-hybridized carbons (Fsp3) is 0.500. The van der Waals surface area contributed by atoms with Crippen LogP contribution in [0.1, 0.15) is 12.7 Å². The van der Waals surface area contributed by atoms with Gasteiger partial charge in [-0.25, -0.2) is 4.79 Å². The van der Waals surface area contributed by atoms with Gasteiger partial charge in [-0.2, -0.15) is 0 Å². The summed E-state index contributed by atoms with van der Waals surface area (Å²) < 4.78 is 10.3. The van der Waals surface area contributed by atoms with Crippen molar-refractivity contribution in [3.05, 3.63) is 24.2 Å². The molecule has 104 valence electrons. The molecule has 0 bridgehead atoms. The number of hydrogen-bond acceptors (Lipinski definition) is 5. The van der Waals surface area contributed by atoms with Gasteiger partial charge in [0.1, 0.15) is 5.76 Å². The van der Waals surface area contributed by atoms with Crippen LogP contribution in [0.3, 0.4) is 0 Å². The molecule has 0 aromatic carbocycles. The fourth-order valence-electron chi connectivity index (χ4n) is 1.95. The van der Waals surface area contributed by atoms with E-state index >= 15 is 0 Å². The van der Waals surface area contributed by atoms with Crippen molar-refractivity contribution in [2.75, 3.05) is 26.4 Å². The van der Waals surface area contributed by atoms with Crippen molar-refractivity contribution >= 4 is 11.9 Å². The molecule has 19 heavy (non-hydrogen) atoms. The summed E-state index contributed by atoms with van der Waals surface area (Å²) in [7, 11) is 0. The summed E-state index contributed by atoms with van der Waals surface area (Å²) in [6, 6.07) is 2.83. The van der Waals surface area contributed by atoms with Crippen molar-refractivity contribution in [1.82, 2.24) is 10.2 Å². The molecule has 7 heteroatoms. The predicted molar refractivity (Wildman–Crippen MR) is 64.2 cm³/mol. The summed E-state index contributed by atoms with van der Waals surface area (Å²) in [6.07, 6.45) is 1.45. The maximum absolute atomic E-state index is 12.3. The Balaban J connectivity index is 2.04. The molecule has 2 N–H and O–H groups in total. The molecule has 0 aliphatic carbocycles. The van der Waals surface area contributed by atoms with Gasteiger partial charge in [0.2, 0.25) is 0 Å². The van der Waals surface area contributed by atoms with Crippen LogP contribution < -0.4 is 5.32 Å². The molecule has 1 unspecified atom stereocenters. The van der Waals surface area contributed by atoms with Crippen LogP contribution in [0.2, 0.25) is 0 Å². The number of carbonyl (C=O) groups excluding carboxylic acids is 2. The lowest BCUT2D eigenvalue weighted by atomic mass is 9.99. The third-order valence-electron chi connectivity index (χ3n) is 2.98. The number of amides is 3. The zero-order valence-electron chi connectivity index (χ0n) is 10.6. The van der Waals surface area contributed by atoms with Crippen molar-refractivity contribution < 1.29 is 23.8 Å². The predicted octanol–water partition coefficient (Wildman–Crippen LogP) is 0.0555. The van der Waals surface area contributed by atoms with E-state index in [4.69, 9.17) is 14.3 Å². The van der Waals surface area contributed by atoms with Gasteiger partial charge < -0.3 is 19.6 Å². The number of urea groups is 1. The number of nitrogens with zero attached hydrogens (tertiary/aromatic N) is 1. The number of rotatable bonds is 6. The van der Waals surface area contributed by atoms with Gasteiger partial charge in [0.25, 0.3) is 5.91 Å². The summed E-state index contributed by atoms with van der Waals surface area (Å²) in [5.41, 5.74) is -1.17. The van der Waals surface area contributed by atoms with E-state index in [2.05, 4.69) is 5.32 Å². The van der Waals surface area contributed by atoms with Gasteiger partial charge in [-0.05, 0) is 19.1 Å². The first-order valence-corrected chi connectivity index (χ1v) is 5.96. The third-order valence-corrected chi connectivity index (χ3v) is 2.98. The number of carbonyl (C=O) groups is 2. The lowest BCUT2D eigenvalue weighted by molar-refractivity contribution is -0.132. The van der Waals surface area contributed by atoms with Crippen LogP contribution in [0.5, 0.6) is 0 Å². The van der Waals surface area contributed by atoms with Crippen molar-refractivity contribution in [2.24, 2.45) is 0 Å². The highest BCUT2D eigenvalue weighted by Gasteiger charge is 2.50. The highest BCUT2D eigenvalue weighted by molar-refractivity contribution is 6.06. The molecule has 1 aromatic rings. The topological polar surface area (TPSA) is 92.0 Å². The number of aliphatic hydroxyl groups is 1. The van der Waals surface area contributed by atoms with Crippen LogP contribution in [0.4, 0.5) is 4.79 Å². The van der Waals surface area contributed by atoms with E-state index in [1.807, 2.05) is 0 Å². The van der Waals surface area contributed by atoms with Crippen molar-refractivity contribution in [3.63, 3.8) is 0 Å². The fourth-order valence-corrected chi connectivity index (χ4v) is 1.95. The zero-order chi connectivity index (χ0) is 13.9. The van der Waals surface area contributed by atoms with Gasteiger partial charge in [0.05, 0.1) is 32.6 Å². The van der Waals surface area contributed by atoms with E-state index in [-0.39, 0.29) is 32.3 Å². The van der Waals surface area contributed by atoms with E-state index in [0.717, 1.165) is 4.90 Å². The largest absolute Gasteiger partial charge is 0.466 e. The maximum Gasteiger partial charge on any atom is 0.325 e. The third kappa shape index (κ3) is 2.47. The summed E-state index contributed by atoms with van der Waals surface area (Å²) in [5, 5.41) is 11.2. The SMILES string of the molecule is CC1(c2ccco2)NC(=O)N(CCOCCO)C1=O. The Bertz CT molecular complexity index is 459. The van der Waals surface area contributed by atoms with Crippen molar-refractivity contribution in [3.8, 4) is 0 Å². The molecule has 0 spiro atoms. The van der Waals surface area contributed by atoms with Crippen LogP contribution >= 0.6 is 0 Å². The lowest BCUT2D eigenvalue weighted by Gasteiger charge is -2.18. The number of aliphatic hydroxyl groups excluding tert-OH is 1. The van der Waals surface area contributed by atoms with E-state index < -0.39 is 11.6 Å². The number of imide groups is 1. The first kappa shape index (κ1) is 13.6. The highest BCUT2D eigenvalue weighted by atomic mass is 16.5. The van der Waals surface area contributed by atoms with Crippen LogP contribution in [0, 0.1) is 0 Å². The Morgan fingerprint density at radius 2 is 2.26 bits per heavy atom. The molecular weight excluding hydrogens is 252 g/mol. The molecule has 1 saturated heterocycles. The summed E-state index contributed by atoms with van der Waals surface area (Å²) in [5.74, 6) is 0.0182. The van der Waals surface area contributed by atoms with Crippen LogP contribution in [-0.4, -0.2) is 48.3 Å². The molecule has 2 heterocycles. The van der Waals surface area contributed by atoms with Crippen molar-refractivity contribution in [2.45, 2.75) is 12.5 Å². The van der Waals surface area contributed by atoms with Gasteiger partial charge in [0, 0.05) is 0 Å². The Kier molecular flexibility index (Phi) is 3.87. The van der Waals surface area contributed by atoms with E-state index in [1.54, 1.807) is 19.1 Å². The van der Waals surface area contributed by atoms with Crippen LogP contribution in [-0.2, 0) is 15.1 Å². The second-order valence-corrected chi connectivity index (χ2v) is 4.33. The highest BCUT2D eigenvalue weighted by Crippen LogP contribution is 2.28. The van der Waals surface area contributed by atoms with E-state index in [9.17, 15) is 9.59 Å². The zero-order valence-corrected chi connectivity index (χ0v) is 10.6. The molecule has 0 radical (unpaired) electrons. The quantitative estimate of drug-likeness (QED) is 0.562. The number of ether oxygens (including phenoxy) is 1. The number of furan rings is 1. The van der Waals surface area contributed by atoms with Gasteiger partial charge in [-0.1, -0.05) is 0 Å². The van der Waals surface area contributed by atoms with Crippen LogP contribution in [0.25, 0.3) is 0 Å². The molecule has 2 rings (SSSR count). The van der Waals surface area contributed by atoms with E-state index in [1.165, 1.54) is 6.26 Å². The summed E-state index contributed by atoms with van der Waals surface area (Å²) in [6.45, 7) is 2.01. The van der Waals surface area contributed by atoms with Gasteiger partial charge >= 0.3 is 6.03 Å². The number of nitrogens with one attached hydrogen (secondary N) is 1. The minimum atomic E-state index is -1.17. The average Bonchev–Trinajstić information content (AvgIpc) is 2.97. The normalized spacial score (nSPS) is 22.9. The van der Waals surface area contributed by atoms with Gasteiger partial charge in [-0.3, -0.25) is 9.69 Å². The molecule has 7 nitrogen and oxygen atoms in total. The molecule has 1 aliphatic heterocycles. The minimum Gasteiger partial charge on any atom is -0.466 e. The lowest BCUT2D eigenvalue weighted by Crippen LogP contribution is -2.40. The first-order chi connectivity index (χ1) is 9.09. The Morgan fingerprint density at radius 3 is 2.89 bits per heavy atom. The van der Waals surface area contributed by atoms with Gasteiger partial charge in [-0.15, -0.1) is 0 Å². The first-order valence-electron chi connectivity index (χ1n) is 5.96.